The highest BCUT2D eigenvalue weighted by Crippen LogP contribution is 2.35. The fourth-order valence-electron chi connectivity index (χ4n) is 4.09. The second-order valence-corrected chi connectivity index (χ2v) is 9.01. The summed E-state index contributed by atoms with van der Waals surface area (Å²) in [6.45, 7) is 2.00. The van der Waals surface area contributed by atoms with Gasteiger partial charge in [0.25, 0.3) is 11.5 Å². The average molecular weight is 551 g/mol. The minimum absolute atomic E-state index is 0.219. The molecule has 0 saturated heterocycles. The number of hydrogen-bond donors (Lipinski definition) is 2. The molecule has 39 heavy (non-hydrogen) atoms. The van der Waals surface area contributed by atoms with E-state index >= 15 is 0 Å². The molecule has 12 nitrogen and oxygen atoms in total. The van der Waals surface area contributed by atoms with Gasteiger partial charge in [0, 0.05) is 29.3 Å². The second kappa shape index (κ2) is 12.3. The first-order chi connectivity index (χ1) is 18.9. The van der Waals surface area contributed by atoms with E-state index in [-0.39, 0.29) is 11.6 Å². The number of rotatable bonds is 10. The van der Waals surface area contributed by atoms with Crippen LogP contribution in [0.1, 0.15) is 42.7 Å². The number of hydrogen-bond acceptors (Lipinski definition) is 8. The van der Waals surface area contributed by atoms with E-state index in [0.29, 0.717) is 46.1 Å². The Kier molecular flexibility index (Phi) is 8.67. The van der Waals surface area contributed by atoms with Crippen molar-refractivity contribution in [2.75, 3.05) is 19.5 Å². The van der Waals surface area contributed by atoms with Crippen molar-refractivity contribution in [2.24, 2.45) is 0 Å². The van der Waals surface area contributed by atoms with Gasteiger partial charge in [0.15, 0.2) is 0 Å². The molecule has 202 valence electrons. The fourth-order valence-corrected chi connectivity index (χ4v) is 4.26. The van der Waals surface area contributed by atoms with E-state index in [0.717, 1.165) is 6.42 Å². The molecule has 4 aromatic rings. The largest absolute Gasteiger partial charge is 0.495 e. The van der Waals surface area contributed by atoms with Gasteiger partial charge in [-0.15, -0.1) is 5.10 Å². The van der Waals surface area contributed by atoms with Gasteiger partial charge in [-0.25, -0.2) is 4.98 Å². The molecule has 13 heteroatoms. The van der Waals surface area contributed by atoms with Crippen molar-refractivity contribution in [3.63, 3.8) is 0 Å². The number of benzene rings is 1. The first-order valence-electron chi connectivity index (χ1n) is 12.2. The molecule has 0 aliphatic rings. The van der Waals surface area contributed by atoms with Gasteiger partial charge in [-0.1, -0.05) is 31.4 Å². The van der Waals surface area contributed by atoms with E-state index in [9.17, 15) is 14.4 Å². The molecule has 2 amide bonds. The SMILES string of the molecule is CCCCC(C(=O)Nc1ccc(C(=O)NC)nc1)n1cc(OC)c(-c2cc(Cl)ccc2-n2cnnn2)cc1=O. The van der Waals surface area contributed by atoms with Crippen LogP contribution in [0.25, 0.3) is 16.8 Å². The van der Waals surface area contributed by atoms with Gasteiger partial charge in [-0.2, -0.15) is 4.68 Å². The summed E-state index contributed by atoms with van der Waals surface area (Å²) >= 11 is 6.29. The van der Waals surface area contributed by atoms with E-state index < -0.39 is 17.5 Å². The third kappa shape index (κ3) is 6.12. The van der Waals surface area contributed by atoms with Crippen LogP contribution in [0, 0.1) is 0 Å². The molecule has 0 aliphatic carbocycles. The lowest BCUT2D eigenvalue weighted by atomic mass is 10.0. The molecular formula is C26H27ClN8O4. The minimum Gasteiger partial charge on any atom is -0.495 e. The number of tetrazole rings is 1. The van der Waals surface area contributed by atoms with Crippen molar-refractivity contribution in [1.82, 2.24) is 35.1 Å². The maximum absolute atomic E-state index is 13.5. The Morgan fingerprint density at radius 1 is 1.15 bits per heavy atom. The first kappa shape index (κ1) is 27.5. The van der Waals surface area contributed by atoms with Crippen LogP contribution in [-0.2, 0) is 4.79 Å². The summed E-state index contributed by atoms with van der Waals surface area (Å²) in [6.07, 6.45) is 6.30. The van der Waals surface area contributed by atoms with Crippen LogP contribution in [0.4, 0.5) is 5.69 Å². The molecule has 0 fully saturated rings. The van der Waals surface area contributed by atoms with Crippen LogP contribution < -0.4 is 20.9 Å². The molecule has 0 aliphatic heterocycles. The van der Waals surface area contributed by atoms with Crippen molar-refractivity contribution >= 4 is 29.1 Å². The van der Waals surface area contributed by atoms with Gasteiger partial charge in [-0.05, 0) is 47.2 Å². The maximum Gasteiger partial charge on any atom is 0.269 e. The van der Waals surface area contributed by atoms with E-state index in [1.807, 2.05) is 6.92 Å². The molecule has 1 aromatic carbocycles. The van der Waals surface area contributed by atoms with Crippen LogP contribution in [0.5, 0.6) is 5.75 Å². The molecule has 0 spiro atoms. The summed E-state index contributed by atoms with van der Waals surface area (Å²) in [5, 5.41) is 17.1. The third-order valence-electron chi connectivity index (χ3n) is 6.07. The topological polar surface area (TPSA) is 146 Å². The number of aromatic nitrogens is 6. The number of ether oxygens (including phenoxy) is 1. The van der Waals surface area contributed by atoms with Crippen molar-refractivity contribution in [3.05, 3.63) is 76.2 Å². The molecule has 0 bridgehead atoms. The lowest BCUT2D eigenvalue weighted by molar-refractivity contribution is -0.119. The zero-order valence-corrected chi connectivity index (χ0v) is 22.3. The molecule has 4 rings (SSSR count). The summed E-state index contributed by atoms with van der Waals surface area (Å²) in [6, 6.07) is 8.79. The Labute approximate surface area is 229 Å². The van der Waals surface area contributed by atoms with Crippen molar-refractivity contribution < 1.29 is 14.3 Å². The Hall–Kier alpha value is -4.58. The van der Waals surface area contributed by atoms with Crippen LogP contribution in [-0.4, -0.2) is 55.7 Å². The summed E-state index contributed by atoms with van der Waals surface area (Å²) in [5.41, 5.74) is 1.85. The number of halogens is 1. The number of unbranched alkanes of at least 4 members (excludes halogenated alkanes) is 1. The third-order valence-corrected chi connectivity index (χ3v) is 6.30. The number of amides is 2. The summed E-state index contributed by atoms with van der Waals surface area (Å²) < 4.78 is 8.48. The van der Waals surface area contributed by atoms with Crippen LogP contribution in [0.3, 0.4) is 0 Å². The Balaban J connectivity index is 1.72. The summed E-state index contributed by atoms with van der Waals surface area (Å²) in [7, 11) is 2.99. The number of nitrogens with one attached hydrogen (secondary N) is 2. The Morgan fingerprint density at radius 2 is 1.97 bits per heavy atom. The molecular weight excluding hydrogens is 524 g/mol. The van der Waals surface area contributed by atoms with E-state index in [2.05, 4.69) is 31.1 Å². The number of pyridine rings is 2. The highest BCUT2D eigenvalue weighted by Gasteiger charge is 2.24. The molecule has 1 unspecified atom stereocenters. The van der Waals surface area contributed by atoms with E-state index in [1.54, 1.807) is 24.3 Å². The van der Waals surface area contributed by atoms with Crippen LogP contribution in [0.2, 0.25) is 5.02 Å². The number of carbonyl (C=O) groups is 2. The van der Waals surface area contributed by atoms with Gasteiger partial charge < -0.3 is 15.4 Å². The molecule has 0 saturated carbocycles. The van der Waals surface area contributed by atoms with Gasteiger partial charge in [-0.3, -0.25) is 19.0 Å². The lowest BCUT2D eigenvalue weighted by Crippen LogP contribution is -2.33. The number of nitrogens with zero attached hydrogens (tertiary/aromatic N) is 6. The maximum atomic E-state index is 13.5. The quantitative estimate of drug-likeness (QED) is 0.306. The van der Waals surface area contributed by atoms with Gasteiger partial charge >= 0.3 is 0 Å². The highest BCUT2D eigenvalue weighted by molar-refractivity contribution is 6.31. The summed E-state index contributed by atoms with van der Waals surface area (Å²) in [5.74, 6) is -0.376. The zero-order valence-electron chi connectivity index (χ0n) is 21.6. The van der Waals surface area contributed by atoms with Gasteiger partial charge in [0.2, 0.25) is 5.91 Å². The average Bonchev–Trinajstić information content (AvgIpc) is 3.48. The number of anilines is 1. The summed E-state index contributed by atoms with van der Waals surface area (Å²) in [4.78, 5) is 42.7. The van der Waals surface area contributed by atoms with Crippen LogP contribution >= 0.6 is 11.6 Å². The Morgan fingerprint density at radius 3 is 2.62 bits per heavy atom. The monoisotopic (exact) mass is 550 g/mol. The fraction of sp³-hybridized carbons (Fsp3) is 0.269. The molecule has 3 aromatic heterocycles. The van der Waals surface area contributed by atoms with Gasteiger partial charge in [0.1, 0.15) is 23.8 Å². The highest BCUT2D eigenvalue weighted by atomic mass is 35.5. The zero-order chi connectivity index (χ0) is 27.9. The predicted octanol–water partition coefficient (Wildman–Crippen LogP) is 3.28. The van der Waals surface area contributed by atoms with Crippen molar-refractivity contribution in [3.8, 4) is 22.6 Å². The Bertz CT molecular complexity index is 1520. The predicted molar refractivity (Wildman–Crippen MR) is 145 cm³/mol. The van der Waals surface area contributed by atoms with E-state index in [1.165, 1.54) is 54.3 Å². The number of methoxy groups -OCH3 is 1. The van der Waals surface area contributed by atoms with Crippen molar-refractivity contribution in [1.29, 1.82) is 0 Å². The number of carbonyl (C=O) groups excluding carboxylic acids is 2. The molecule has 3 heterocycles. The van der Waals surface area contributed by atoms with Crippen LogP contribution in [0.15, 0.2) is 59.9 Å². The van der Waals surface area contributed by atoms with E-state index in [4.69, 9.17) is 16.3 Å². The lowest BCUT2D eigenvalue weighted by Gasteiger charge is -2.21. The minimum atomic E-state index is -0.822. The van der Waals surface area contributed by atoms with Crippen molar-refractivity contribution in [2.45, 2.75) is 32.2 Å². The molecule has 2 N–H and O–H groups in total. The molecule has 0 radical (unpaired) electrons. The second-order valence-electron chi connectivity index (χ2n) is 8.58. The normalized spacial score (nSPS) is 11.6. The standard InChI is InChI=1S/C26H27ClN8O4/c1-4-5-6-22(26(38)31-17-8-9-20(29-13-17)25(37)28-2)34-14-23(39-3)19(12-24(34)36)18-11-16(27)7-10-21(18)35-15-30-32-33-35/h7-15,22H,4-6H2,1-3H3,(H,28,37)(H,31,38). The first-order valence-corrected chi connectivity index (χ1v) is 12.6. The van der Waals surface area contributed by atoms with Gasteiger partial charge in [0.05, 0.1) is 30.9 Å². The molecule has 1 atom stereocenters. The smallest absolute Gasteiger partial charge is 0.269 e.